The van der Waals surface area contributed by atoms with E-state index in [0.717, 1.165) is 6.42 Å². The Balaban J connectivity index is 2.34. The maximum Gasteiger partial charge on any atom is 0.332 e. The van der Waals surface area contributed by atoms with E-state index in [1.54, 1.807) is 0 Å². The van der Waals surface area contributed by atoms with Crippen molar-refractivity contribution >= 4 is 11.9 Å². The van der Waals surface area contributed by atoms with E-state index < -0.39 is 5.97 Å². The molecule has 0 radical (unpaired) electrons. The first kappa shape index (κ1) is 10.5. The number of esters is 1. The minimum atomic E-state index is -0.454. The van der Waals surface area contributed by atoms with Crippen LogP contribution in [0.25, 0.3) is 0 Å². The number of nitrogens with zero attached hydrogens (tertiary/aromatic N) is 1. The molecule has 1 heterocycles. The number of likely N-dealkylation sites (tertiary alicyclic amines) is 1. The zero-order valence-electron chi connectivity index (χ0n) is 7.94. The van der Waals surface area contributed by atoms with Crippen LogP contribution < -0.4 is 0 Å². The zero-order chi connectivity index (χ0) is 10.4. The van der Waals surface area contributed by atoms with Crippen LogP contribution in [0.3, 0.4) is 0 Å². The Morgan fingerprint density at radius 2 is 2.43 bits per heavy atom. The Morgan fingerprint density at radius 1 is 1.64 bits per heavy atom. The third kappa shape index (κ3) is 3.05. The van der Waals surface area contributed by atoms with Crippen molar-refractivity contribution < 1.29 is 14.3 Å². The number of hydrogen-bond donors (Lipinski definition) is 0. The van der Waals surface area contributed by atoms with Crippen molar-refractivity contribution in [2.75, 3.05) is 13.2 Å². The van der Waals surface area contributed by atoms with Crippen molar-refractivity contribution in [2.24, 2.45) is 0 Å². The molecule has 1 rings (SSSR count). The van der Waals surface area contributed by atoms with E-state index in [4.69, 9.17) is 4.74 Å². The molecule has 0 bridgehead atoms. The van der Waals surface area contributed by atoms with Gasteiger partial charge in [-0.1, -0.05) is 12.7 Å². The summed E-state index contributed by atoms with van der Waals surface area (Å²) >= 11 is 0. The van der Waals surface area contributed by atoms with Gasteiger partial charge in [-0.05, 0) is 6.42 Å². The second-order valence-electron chi connectivity index (χ2n) is 2.93. The van der Waals surface area contributed by atoms with Gasteiger partial charge >= 0.3 is 5.97 Å². The maximum atomic E-state index is 11.1. The van der Waals surface area contributed by atoms with E-state index >= 15 is 0 Å². The Kier molecular flexibility index (Phi) is 3.91. The van der Waals surface area contributed by atoms with Gasteiger partial charge in [-0.3, -0.25) is 4.79 Å². The molecule has 1 aliphatic heterocycles. The minimum absolute atomic E-state index is 0.0535. The van der Waals surface area contributed by atoms with E-state index in [9.17, 15) is 9.59 Å². The summed E-state index contributed by atoms with van der Waals surface area (Å²) in [5.41, 5.74) is 0. The van der Waals surface area contributed by atoms with Gasteiger partial charge < -0.3 is 9.64 Å². The van der Waals surface area contributed by atoms with Crippen LogP contribution >= 0.6 is 0 Å². The van der Waals surface area contributed by atoms with Crippen LogP contribution in [0.1, 0.15) is 12.8 Å². The molecule has 0 saturated carbocycles. The fraction of sp³-hybridized carbons (Fsp3) is 0.400. The number of rotatable bonds is 4. The van der Waals surface area contributed by atoms with Crippen molar-refractivity contribution in [3.63, 3.8) is 0 Å². The number of amides is 1. The predicted octanol–water partition coefficient (Wildman–Crippen LogP) is 0.852. The number of carbonyl (C=O) groups is 2. The first-order chi connectivity index (χ1) is 6.74. The highest BCUT2D eigenvalue weighted by Gasteiger charge is 2.17. The smallest absolute Gasteiger partial charge is 0.332 e. The number of ether oxygens (including phenoxy) is 1. The molecule has 0 atom stereocenters. The summed E-state index contributed by atoms with van der Waals surface area (Å²) in [5.74, 6) is -0.401. The van der Waals surface area contributed by atoms with Crippen molar-refractivity contribution in [3.05, 3.63) is 24.9 Å². The monoisotopic (exact) mass is 195 g/mol. The lowest BCUT2D eigenvalue weighted by atomic mass is 10.4. The first-order valence-corrected chi connectivity index (χ1v) is 4.49. The van der Waals surface area contributed by atoms with Crippen LogP contribution in [0, 0.1) is 0 Å². The normalized spacial score (nSPS) is 16.3. The predicted molar refractivity (Wildman–Crippen MR) is 51.2 cm³/mol. The summed E-state index contributed by atoms with van der Waals surface area (Å²) in [6, 6.07) is 0. The molecule has 0 aromatic carbocycles. The Hall–Kier alpha value is -1.58. The average Bonchev–Trinajstić information content (AvgIpc) is 2.58. The molecule has 4 heteroatoms. The Labute approximate surface area is 82.8 Å². The molecular formula is C10H13NO3. The highest BCUT2D eigenvalue weighted by atomic mass is 16.5. The largest absolute Gasteiger partial charge is 0.458 e. The quantitative estimate of drug-likeness (QED) is 0.379. The summed E-state index contributed by atoms with van der Waals surface area (Å²) < 4.78 is 4.70. The number of hydrogen-bond acceptors (Lipinski definition) is 3. The third-order valence-corrected chi connectivity index (χ3v) is 1.84. The van der Waals surface area contributed by atoms with Crippen LogP contribution in [0.2, 0.25) is 0 Å². The molecule has 1 saturated heterocycles. The van der Waals surface area contributed by atoms with Gasteiger partial charge in [0.15, 0.2) is 0 Å². The van der Waals surface area contributed by atoms with Crippen LogP contribution in [0.5, 0.6) is 0 Å². The van der Waals surface area contributed by atoms with E-state index in [0.29, 0.717) is 13.0 Å². The molecule has 0 spiro atoms. The topological polar surface area (TPSA) is 46.6 Å². The highest BCUT2D eigenvalue weighted by Crippen LogP contribution is 2.09. The molecule has 0 aliphatic carbocycles. The molecule has 76 valence electrons. The molecular weight excluding hydrogens is 182 g/mol. The van der Waals surface area contributed by atoms with Crippen molar-refractivity contribution in [1.82, 2.24) is 4.90 Å². The van der Waals surface area contributed by atoms with E-state index in [2.05, 4.69) is 6.58 Å². The molecule has 0 N–H and O–H groups in total. The van der Waals surface area contributed by atoms with Crippen LogP contribution in [-0.2, 0) is 14.3 Å². The third-order valence-electron chi connectivity index (χ3n) is 1.84. The summed E-state index contributed by atoms with van der Waals surface area (Å²) in [6.07, 6.45) is 5.64. The van der Waals surface area contributed by atoms with Gasteiger partial charge in [0.1, 0.15) is 6.61 Å². The van der Waals surface area contributed by atoms with Gasteiger partial charge in [-0.15, -0.1) is 0 Å². The second kappa shape index (κ2) is 5.21. The molecule has 1 fully saturated rings. The zero-order valence-corrected chi connectivity index (χ0v) is 7.94. The summed E-state index contributed by atoms with van der Waals surface area (Å²) in [5, 5.41) is 0. The number of carbonyl (C=O) groups excluding carboxylic acids is 2. The summed E-state index contributed by atoms with van der Waals surface area (Å²) in [7, 11) is 0. The molecule has 14 heavy (non-hydrogen) atoms. The van der Waals surface area contributed by atoms with Gasteiger partial charge in [-0.25, -0.2) is 4.79 Å². The van der Waals surface area contributed by atoms with Gasteiger partial charge in [0.2, 0.25) is 5.91 Å². The fourth-order valence-corrected chi connectivity index (χ4v) is 1.17. The first-order valence-electron chi connectivity index (χ1n) is 4.49. The molecule has 1 amide bonds. The van der Waals surface area contributed by atoms with Crippen molar-refractivity contribution in [1.29, 1.82) is 0 Å². The van der Waals surface area contributed by atoms with Gasteiger partial charge in [0.25, 0.3) is 0 Å². The van der Waals surface area contributed by atoms with Crippen molar-refractivity contribution in [3.8, 4) is 0 Å². The van der Waals surface area contributed by atoms with Crippen molar-refractivity contribution in [2.45, 2.75) is 12.8 Å². The lowest BCUT2D eigenvalue weighted by molar-refractivity contribution is -0.136. The lowest BCUT2D eigenvalue weighted by Crippen LogP contribution is -2.18. The standard InChI is InChI=1S/C10H13NO3/c1-2-8-14-10(13)5-7-11-6-3-4-9(11)12/h2,5,7H,1,3-4,6,8H2. The van der Waals surface area contributed by atoms with Gasteiger partial charge in [0.05, 0.1) is 0 Å². The molecule has 0 unspecified atom stereocenters. The molecule has 4 nitrogen and oxygen atoms in total. The van der Waals surface area contributed by atoms with Crippen LogP contribution in [0.15, 0.2) is 24.9 Å². The van der Waals surface area contributed by atoms with E-state index in [1.165, 1.54) is 23.3 Å². The minimum Gasteiger partial charge on any atom is -0.458 e. The summed E-state index contributed by atoms with van der Waals surface area (Å²) in [6.45, 7) is 4.29. The molecule has 1 aliphatic rings. The van der Waals surface area contributed by atoms with Crippen LogP contribution in [0.4, 0.5) is 0 Å². The average molecular weight is 195 g/mol. The van der Waals surface area contributed by atoms with E-state index in [1.807, 2.05) is 0 Å². The Bertz CT molecular complexity index is 271. The second-order valence-corrected chi connectivity index (χ2v) is 2.93. The molecule has 0 aromatic heterocycles. The highest BCUT2D eigenvalue weighted by molar-refractivity contribution is 5.84. The van der Waals surface area contributed by atoms with Gasteiger partial charge in [0, 0.05) is 25.2 Å². The lowest BCUT2D eigenvalue weighted by Gasteiger charge is -2.07. The summed E-state index contributed by atoms with van der Waals surface area (Å²) in [4.78, 5) is 23.6. The van der Waals surface area contributed by atoms with Gasteiger partial charge in [-0.2, -0.15) is 0 Å². The Morgan fingerprint density at radius 3 is 3.00 bits per heavy atom. The maximum absolute atomic E-state index is 11.1. The molecule has 0 aromatic rings. The van der Waals surface area contributed by atoms with Crippen LogP contribution in [-0.4, -0.2) is 29.9 Å². The fourth-order valence-electron chi connectivity index (χ4n) is 1.17. The SMILES string of the molecule is C=CCOC(=O)C=CN1CCCC1=O. The van der Waals surface area contributed by atoms with E-state index in [-0.39, 0.29) is 12.5 Å².